The molecule has 4 nitrogen and oxygen atoms in total. The first-order valence-electron chi connectivity index (χ1n) is 21.9. The number of para-hydroxylation sites is 5. The molecule has 0 saturated heterocycles. The number of fused-ring (bicyclic) bond motifs is 6. The van der Waals surface area contributed by atoms with Gasteiger partial charge in [0, 0.05) is 49.9 Å². The molecule has 12 rings (SSSR count). The van der Waals surface area contributed by atoms with Crippen LogP contribution < -0.4 is 4.90 Å². The molecule has 0 aliphatic rings. The second kappa shape index (κ2) is 15.8. The zero-order chi connectivity index (χ0) is 43.3. The second-order valence-electron chi connectivity index (χ2n) is 16.4. The summed E-state index contributed by atoms with van der Waals surface area (Å²) in [5, 5.41) is 4.57. The molecule has 0 amide bonds. The highest BCUT2D eigenvalue weighted by Crippen LogP contribution is 2.42. The average molecular weight is 830 g/mol. The van der Waals surface area contributed by atoms with E-state index < -0.39 is 0 Å². The number of hydrogen-bond acceptors (Lipinski definition) is 2. The van der Waals surface area contributed by atoms with Gasteiger partial charge < -0.3 is 13.9 Å². The summed E-state index contributed by atoms with van der Waals surface area (Å²) in [4.78, 5) is 5.96. The highest BCUT2D eigenvalue weighted by molar-refractivity contribution is 6.11. The molecule has 4 heteroatoms. The van der Waals surface area contributed by atoms with Crippen LogP contribution in [0.4, 0.5) is 22.7 Å². The molecule has 0 saturated carbocycles. The monoisotopic (exact) mass is 829 g/mol. The maximum absolute atomic E-state index is 7.56. The van der Waals surface area contributed by atoms with Crippen LogP contribution in [-0.4, -0.2) is 4.57 Å². The number of hydrogen-bond donors (Lipinski definition) is 0. The van der Waals surface area contributed by atoms with Gasteiger partial charge >= 0.3 is 0 Å². The Labute approximate surface area is 376 Å². The molecule has 0 unspecified atom stereocenters. The lowest BCUT2D eigenvalue weighted by Gasteiger charge is -2.26. The van der Waals surface area contributed by atoms with E-state index in [2.05, 4.69) is 215 Å². The third-order valence-corrected chi connectivity index (χ3v) is 12.6. The maximum atomic E-state index is 7.56. The van der Waals surface area contributed by atoms with E-state index in [1.807, 2.05) is 36.4 Å². The van der Waals surface area contributed by atoms with Crippen molar-refractivity contribution in [2.45, 2.75) is 0 Å². The number of anilines is 3. The molecule has 0 bridgehead atoms. The van der Waals surface area contributed by atoms with E-state index in [9.17, 15) is 0 Å². The van der Waals surface area contributed by atoms with Gasteiger partial charge in [-0.1, -0.05) is 146 Å². The third kappa shape index (κ3) is 6.71. The topological polar surface area (TPSA) is 25.7 Å². The molecule has 0 radical (unpaired) electrons. The fraction of sp³-hybridized carbons (Fsp3) is 0. The minimum Gasteiger partial charge on any atom is -0.455 e. The summed E-state index contributed by atoms with van der Waals surface area (Å²) in [5.74, 6) is 0. The molecule has 65 heavy (non-hydrogen) atoms. The maximum Gasteiger partial charge on any atom is 0.187 e. The van der Waals surface area contributed by atoms with E-state index in [-0.39, 0.29) is 0 Å². The third-order valence-electron chi connectivity index (χ3n) is 12.6. The Bertz CT molecular complexity index is 3740. The molecule has 0 fully saturated rings. The molecule has 10 aromatic carbocycles. The minimum absolute atomic E-state index is 0.622. The van der Waals surface area contributed by atoms with Crippen LogP contribution in [0.1, 0.15) is 0 Å². The van der Waals surface area contributed by atoms with Crippen LogP contribution in [0.2, 0.25) is 0 Å². The summed E-state index contributed by atoms with van der Waals surface area (Å²) in [7, 11) is 0. The SMILES string of the molecule is [C-]#[N+]c1ccc(-n2c3ccccc3c3ccc(-c4cc(-c5cccc(-c6cccc(N(c7ccccc7)c7ccccc7)c6)c5)cc(-c5cccc6c5oc5ccccc56)c4)cc32)cc1. The molecule has 2 heterocycles. The smallest absolute Gasteiger partial charge is 0.187 e. The number of rotatable bonds is 8. The standard InChI is InChI=1S/C61H39N3O/c1-62-48-30-32-51(33-31-48)64-58-27-10-8-23-54(58)55-34-29-44(40-59(55)64)46-36-45(37-47(38-46)53-25-14-26-57-56-24-9-11-28-60(56)65-61(53)57)42-16-12-15-41(35-42)43-17-13-22-52(39-43)63(49-18-4-2-5-19-49)50-20-6-3-7-21-50/h2-40H. The number of nitrogens with zero attached hydrogens (tertiary/aromatic N) is 3. The predicted octanol–water partition coefficient (Wildman–Crippen LogP) is 17.4. The lowest BCUT2D eigenvalue weighted by atomic mass is 9.91. The summed E-state index contributed by atoms with van der Waals surface area (Å²) in [6, 6.07) is 83.7. The molecule has 2 aromatic heterocycles. The fourth-order valence-electron chi connectivity index (χ4n) is 9.50. The first-order chi connectivity index (χ1) is 32.2. The normalized spacial score (nSPS) is 11.4. The van der Waals surface area contributed by atoms with Crippen molar-refractivity contribution in [3.8, 4) is 50.2 Å². The van der Waals surface area contributed by atoms with Crippen molar-refractivity contribution in [3.63, 3.8) is 0 Å². The van der Waals surface area contributed by atoms with Crippen molar-refractivity contribution < 1.29 is 4.42 Å². The van der Waals surface area contributed by atoms with E-state index in [0.717, 1.165) is 100 Å². The van der Waals surface area contributed by atoms with Crippen LogP contribution in [0.3, 0.4) is 0 Å². The van der Waals surface area contributed by atoms with Gasteiger partial charge in [-0.25, -0.2) is 4.85 Å². The summed E-state index contributed by atoms with van der Waals surface area (Å²) < 4.78 is 8.96. The van der Waals surface area contributed by atoms with Gasteiger partial charge in [0.25, 0.3) is 0 Å². The molecular formula is C61H39N3O. The van der Waals surface area contributed by atoms with Crippen molar-refractivity contribution in [2.24, 2.45) is 0 Å². The Kier molecular flexibility index (Phi) is 9.18. The van der Waals surface area contributed by atoms with E-state index >= 15 is 0 Å². The van der Waals surface area contributed by atoms with Crippen molar-refractivity contribution >= 4 is 66.5 Å². The number of benzene rings is 10. The molecule has 304 valence electrons. The van der Waals surface area contributed by atoms with E-state index in [4.69, 9.17) is 11.0 Å². The molecule has 0 atom stereocenters. The lowest BCUT2D eigenvalue weighted by molar-refractivity contribution is 0.670. The molecule has 0 aliphatic carbocycles. The van der Waals surface area contributed by atoms with Crippen molar-refractivity contribution in [2.75, 3.05) is 4.90 Å². The summed E-state index contributed by atoms with van der Waals surface area (Å²) >= 11 is 0. The van der Waals surface area contributed by atoms with Crippen LogP contribution in [0.25, 0.3) is 98.8 Å². The summed E-state index contributed by atoms with van der Waals surface area (Å²) in [6.07, 6.45) is 0. The Balaban J connectivity index is 1.03. The summed E-state index contributed by atoms with van der Waals surface area (Å²) in [5.41, 5.74) is 17.7. The van der Waals surface area contributed by atoms with Crippen LogP contribution in [0, 0.1) is 6.57 Å². The van der Waals surface area contributed by atoms with Gasteiger partial charge in [-0.15, -0.1) is 0 Å². The van der Waals surface area contributed by atoms with Gasteiger partial charge in [0.1, 0.15) is 11.2 Å². The Morgan fingerprint density at radius 1 is 0.369 bits per heavy atom. The van der Waals surface area contributed by atoms with Gasteiger partial charge in [0.15, 0.2) is 5.69 Å². The molecule has 0 aliphatic heterocycles. The van der Waals surface area contributed by atoms with Crippen LogP contribution >= 0.6 is 0 Å². The first-order valence-corrected chi connectivity index (χ1v) is 21.9. The number of aromatic nitrogens is 1. The molecule has 12 aromatic rings. The minimum atomic E-state index is 0.622. The van der Waals surface area contributed by atoms with E-state index in [1.165, 1.54) is 10.8 Å². The van der Waals surface area contributed by atoms with Gasteiger partial charge in [0.2, 0.25) is 0 Å². The van der Waals surface area contributed by atoms with E-state index in [1.54, 1.807) is 0 Å². The van der Waals surface area contributed by atoms with Gasteiger partial charge in [-0.05, 0) is 130 Å². The Hall–Kier alpha value is -8.91. The number of furan rings is 1. The van der Waals surface area contributed by atoms with Crippen molar-refractivity contribution in [1.29, 1.82) is 0 Å². The van der Waals surface area contributed by atoms with E-state index in [0.29, 0.717) is 5.69 Å². The highest BCUT2D eigenvalue weighted by atomic mass is 16.3. The molecule has 0 spiro atoms. The van der Waals surface area contributed by atoms with Crippen LogP contribution in [-0.2, 0) is 0 Å². The van der Waals surface area contributed by atoms with Crippen LogP contribution in [0.15, 0.2) is 241 Å². The Morgan fingerprint density at radius 2 is 0.908 bits per heavy atom. The Morgan fingerprint density at radius 3 is 1.65 bits per heavy atom. The van der Waals surface area contributed by atoms with Gasteiger partial charge in [0.05, 0.1) is 17.6 Å². The predicted molar refractivity (Wildman–Crippen MR) is 271 cm³/mol. The quantitative estimate of drug-likeness (QED) is 0.143. The highest BCUT2D eigenvalue weighted by Gasteiger charge is 2.18. The van der Waals surface area contributed by atoms with Gasteiger partial charge in [-0.2, -0.15) is 0 Å². The lowest BCUT2D eigenvalue weighted by Crippen LogP contribution is -2.09. The van der Waals surface area contributed by atoms with Crippen molar-refractivity contribution in [1.82, 2.24) is 4.57 Å². The molecular weight excluding hydrogens is 791 g/mol. The second-order valence-corrected chi connectivity index (χ2v) is 16.4. The van der Waals surface area contributed by atoms with Gasteiger partial charge in [-0.3, -0.25) is 0 Å². The zero-order valence-electron chi connectivity index (χ0n) is 35.3. The molecule has 0 N–H and O–H groups in total. The average Bonchev–Trinajstić information content (AvgIpc) is 3.93. The van der Waals surface area contributed by atoms with Crippen LogP contribution in [0.5, 0.6) is 0 Å². The summed E-state index contributed by atoms with van der Waals surface area (Å²) in [6.45, 7) is 7.56. The first kappa shape index (κ1) is 37.8. The van der Waals surface area contributed by atoms with Crippen molar-refractivity contribution in [3.05, 3.63) is 248 Å². The largest absolute Gasteiger partial charge is 0.455 e. The zero-order valence-corrected chi connectivity index (χ0v) is 35.3. The fourth-order valence-corrected chi connectivity index (χ4v) is 9.50.